The molecule has 0 aliphatic heterocycles. The lowest BCUT2D eigenvalue weighted by molar-refractivity contribution is -0.140. The number of carbonyl (C=O) groups is 1. The third-order valence-corrected chi connectivity index (χ3v) is 2.70. The molecule has 0 amide bonds. The number of pyridine rings is 1. The lowest BCUT2D eigenvalue weighted by Crippen LogP contribution is -2.14. The molecule has 1 heterocycles. The first-order valence-electron chi connectivity index (χ1n) is 4.58. The number of nitrogens with two attached hydrogens (primary N) is 1. The Kier molecular flexibility index (Phi) is 4.71. The minimum Gasteiger partial charge on any atom is -0.469 e. The normalized spacial score (nSPS) is 12.2. The smallest absolute Gasteiger partial charge is 0.305 e. The van der Waals surface area contributed by atoms with Gasteiger partial charge in [0.2, 0.25) is 0 Å². The minimum absolute atomic E-state index is 0.250. The van der Waals surface area contributed by atoms with Crippen molar-refractivity contribution in [1.82, 2.24) is 4.98 Å². The van der Waals surface area contributed by atoms with Crippen LogP contribution in [0, 0.1) is 0 Å². The Morgan fingerprint density at radius 3 is 3.07 bits per heavy atom. The number of nitrogens with zero attached hydrogens (tertiary/aromatic N) is 1. The maximum atomic E-state index is 10.9. The fourth-order valence-corrected chi connectivity index (χ4v) is 1.73. The molecule has 0 saturated heterocycles. The highest BCUT2D eigenvalue weighted by Gasteiger charge is 2.12. The number of hydrogen-bond acceptors (Lipinski definition) is 4. The second-order valence-corrected chi connectivity index (χ2v) is 3.95. The molecule has 4 nitrogen and oxygen atoms in total. The Bertz CT molecular complexity index is 344. The minimum atomic E-state index is -0.252. The van der Waals surface area contributed by atoms with Gasteiger partial charge in [-0.15, -0.1) is 0 Å². The molecular weight excluding hydrogens is 260 g/mol. The summed E-state index contributed by atoms with van der Waals surface area (Å²) in [5, 5.41) is 0. The van der Waals surface area contributed by atoms with E-state index in [2.05, 4.69) is 25.7 Å². The van der Waals surface area contributed by atoms with Crippen molar-refractivity contribution in [1.29, 1.82) is 0 Å². The number of halogens is 1. The van der Waals surface area contributed by atoms with Crippen LogP contribution in [-0.2, 0) is 9.53 Å². The van der Waals surface area contributed by atoms with Gasteiger partial charge in [0.25, 0.3) is 0 Å². The van der Waals surface area contributed by atoms with Crippen molar-refractivity contribution < 1.29 is 9.53 Å². The van der Waals surface area contributed by atoms with Gasteiger partial charge in [0.1, 0.15) is 0 Å². The molecule has 2 N–H and O–H groups in total. The van der Waals surface area contributed by atoms with E-state index in [1.165, 1.54) is 7.11 Å². The van der Waals surface area contributed by atoms with Crippen molar-refractivity contribution in [2.75, 3.05) is 7.11 Å². The predicted octanol–water partition coefficient (Wildman–Crippen LogP) is 1.80. The lowest BCUT2D eigenvalue weighted by Gasteiger charge is -2.11. The third-order valence-electron chi connectivity index (χ3n) is 2.03. The molecule has 0 spiro atoms. The average Bonchev–Trinajstić information content (AvgIpc) is 2.26. The molecule has 1 aromatic heterocycles. The first-order valence-corrected chi connectivity index (χ1v) is 5.37. The van der Waals surface area contributed by atoms with E-state index in [0.717, 1.165) is 10.2 Å². The van der Waals surface area contributed by atoms with Gasteiger partial charge < -0.3 is 10.5 Å². The zero-order valence-corrected chi connectivity index (χ0v) is 10.0. The summed E-state index contributed by atoms with van der Waals surface area (Å²) in [6, 6.07) is 3.45. The maximum Gasteiger partial charge on any atom is 0.305 e. The van der Waals surface area contributed by atoms with Crippen LogP contribution in [0.15, 0.2) is 22.8 Å². The van der Waals surface area contributed by atoms with Gasteiger partial charge in [-0.2, -0.15) is 0 Å². The van der Waals surface area contributed by atoms with Crippen LogP contribution < -0.4 is 5.73 Å². The fraction of sp³-hybridized carbons (Fsp3) is 0.400. The largest absolute Gasteiger partial charge is 0.469 e. The summed E-state index contributed by atoms with van der Waals surface area (Å²) < 4.78 is 5.40. The number of carbonyl (C=O) groups excluding carboxylic acids is 1. The lowest BCUT2D eigenvalue weighted by atomic mass is 10.1. The summed E-state index contributed by atoms with van der Waals surface area (Å²) in [5.74, 6) is -0.252. The van der Waals surface area contributed by atoms with Crippen LogP contribution in [0.1, 0.15) is 24.6 Å². The van der Waals surface area contributed by atoms with Crippen molar-refractivity contribution in [3.8, 4) is 0 Å². The van der Waals surface area contributed by atoms with Crippen LogP contribution in [0.2, 0.25) is 0 Å². The molecule has 0 fully saturated rings. The Hall–Kier alpha value is -0.940. The van der Waals surface area contributed by atoms with Crippen LogP contribution in [0.4, 0.5) is 0 Å². The molecule has 1 aromatic rings. The van der Waals surface area contributed by atoms with Crippen molar-refractivity contribution in [2.24, 2.45) is 5.73 Å². The van der Waals surface area contributed by atoms with Crippen LogP contribution in [0.25, 0.3) is 0 Å². The van der Waals surface area contributed by atoms with Gasteiger partial charge in [0.15, 0.2) is 0 Å². The third kappa shape index (κ3) is 3.60. The van der Waals surface area contributed by atoms with E-state index in [-0.39, 0.29) is 12.0 Å². The summed E-state index contributed by atoms with van der Waals surface area (Å²) in [6.45, 7) is 0. The van der Waals surface area contributed by atoms with Gasteiger partial charge in [0, 0.05) is 23.1 Å². The Morgan fingerprint density at radius 2 is 2.47 bits per heavy atom. The highest BCUT2D eigenvalue weighted by molar-refractivity contribution is 9.10. The standard InChI is InChI=1S/C10H13BrN2O2/c1-15-9(14)5-4-8(12)10-7(11)3-2-6-13-10/h2-3,6,8H,4-5,12H2,1H3. The van der Waals surface area contributed by atoms with Gasteiger partial charge in [-0.05, 0) is 34.5 Å². The fourth-order valence-electron chi connectivity index (χ4n) is 1.18. The van der Waals surface area contributed by atoms with Crippen molar-refractivity contribution >= 4 is 21.9 Å². The summed E-state index contributed by atoms with van der Waals surface area (Å²) in [7, 11) is 1.37. The molecule has 0 saturated carbocycles. The first kappa shape index (κ1) is 12.1. The number of hydrogen-bond donors (Lipinski definition) is 1. The van der Waals surface area contributed by atoms with Crippen LogP contribution in [-0.4, -0.2) is 18.1 Å². The Morgan fingerprint density at radius 1 is 1.73 bits per heavy atom. The van der Waals surface area contributed by atoms with Gasteiger partial charge in [0.05, 0.1) is 12.8 Å². The van der Waals surface area contributed by atoms with E-state index >= 15 is 0 Å². The molecule has 5 heteroatoms. The molecule has 0 aliphatic carbocycles. The molecule has 1 unspecified atom stereocenters. The molecule has 0 aromatic carbocycles. The van der Waals surface area contributed by atoms with E-state index in [0.29, 0.717) is 12.8 Å². The van der Waals surface area contributed by atoms with Crippen molar-refractivity contribution in [3.05, 3.63) is 28.5 Å². The van der Waals surface area contributed by atoms with Gasteiger partial charge in [-0.25, -0.2) is 0 Å². The molecule has 1 atom stereocenters. The topological polar surface area (TPSA) is 65.2 Å². The molecule has 1 rings (SSSR count). The molecular formula is C10H13BrN2O2. The SMILES string of the molecule is COC(=O)CCC(N)c1ncccc1Br. The second kappa shape index (κ2) is 5.82. The Labute approximate surface area is 97.0 Å². The summed E-state index contributed by atoms with van der Waals surface area (Å²) >= 11 is 3.36. The number of esters is 1. The second-order valence-electron chi connectivity index (χ2n) is 3.09. The van der Waals surface area contributed by atoms with Crippen molar-refractivity contribution in [2.45, 2.75) is 18.9 Å². The molecule has 0 bridgehead atoms. The number of ether oxygens (including phenoxy) is 1. The van der Waals surface area contributed by atoms with E-state index in [9.17, 15) is 4.79 Å². The average molecular weight is 273 g/mol. The van der Waals surface area contributed by atoms with Crippen LogP contribution >= 0.6 is 15.9 Å². The number of aromatic nitrogens is 1. The van der Waals surface area contributed by atoms with Crippen LogP contribution in [0.3, 0.4) is 0 Å². The summed E-state index contributed by atoms with van der Waals surface area (Å²) in [4.78, 5) is 15.1. The zero-order chi connectivity index (χ0) is 11.3. The predicted molar refractivity (Wildman–Crippen MR) is 60.1 cm³/mol. The van der Waals surface area contributed by atoms with E-state index < -0.39 is 0 Å². The van der Waals surface area contributed by atoms with Gasteiger partial charge in [-0.1, -0.05) is 0 Å². The van der Waals surface area contributed by atoms with Crippen LogP contribution in [0.5, 0.6) is 0 Å². The quantitative estimate of drug-likeness (QED) is 0.849. The monoisotopic (exact) mass is 272 g/mol. The van der Waals surface area contributed by atoms with E-state index in [4.69, 9.17) is 5.73 Å². The summed E-state index contributed by atoms with van der Waals surface area (Å²) in [6.07, 6.45) is 2.51. The van der Waals surface area contributed by atoms with Gasteiger partial charge >= 0.3 is 5.97 Å². The molecule has 0 aliphatic rings. The highest BCUT2D eigenvalue weighted by atomic mass is 79.9. The number of methoxy groups -OCH3 is 1. The first-order chi connectivity index (χ1) is 7.15. The maximum absolute atomic E-state index is 10.9. The molecule has 82 valence electrons. The highest BCUT2D eigenvalue weighted by Crippen LogP contribution is 2.22. The zero-order valence-electron chi connectivity index (χ0n) is 8.44. The van der Waals surface area contributed by atoms with E-state index in [1.807, 2.05) is 12.1 Å². The van der Waals surface area contributed by atoms with Gasteiger partial charge in [-0.3, -0.25) is 9.78 Å². The van der Waals surface area contributed by atoms with Crippen molar-refractivity contribution in [3.63, 3.8) is 0 Å². The molecule has 0 radical (unpaired) electrons. The van der Waals surface area contributed by atoms with E-state index in [1.54, 1.807) is 6.20 Å². The summed E-state index contributed by atoms with van der Waals surface area (Å²) in [5.41, 5.74) is 6.66. The number of rotatable bonds is 4. The molecule has 15 heavy (non-hydrogen) atoms. The Balaban J connectivity index is 2.57.